The first kappa shape index (κ1) is 12.5. The predicted molar refractivity (Wildman–Crippen MR) is 65.4 cm³/mol. The van der Waals surface area contributed by atoms with Gasteiger partial charge in [0.1, 0.15) is 17.4 Å². The fourth-order valence-corrected chi connectivity index (χ4v) is 1.84. The number of hydrogen-bond donors (Lipinski definition) is 1. The lowest BCUT2D eigenvalue weighted by atomic mass is 9.98. The summed E-state index contributed by atoms with van der Waals surface area (Å²) in [5, 5.41) is 0. The molecule has 1 atom stereocenters. The molecule has 0 bridgehead atoms. The van der Waals surface area contributed by atoms with E-state index >= 15 is 0 Å². The SMILES string of the molecule is COc1ccccc1C(N)c1ccc(F)cc1F. The van der Waals surface area contributed by atoms with Crippen molar-refractivity contribution in [3.8, 4) is 5.75 Å². The molecule has 2 aromatic carbocycles. The molecule has 0 saturated heterocycles. The highest BCUT2D eigenvalue weighted by Gasteiger charge is 2.17. The van der Waals surface area contributed by atoms with Crippen LogP contribution in [0.5, 0.6) is 5.75 Å². The van der Waals surface area contributed by atoms with Gasteiger partial charge < -0.3 is 10.5 Å². The molecule has 94 valence electrons. The highest BCUT2D eigenvalue weighted by molar-refractivity contribution is 5.41. The summed E-state index contributed by atoms with van der Waals surface area (Å²) in [4.78, 5) is 0. The third-order valence-corrected chi connectivity index (χ3v) is 2.77. The quantitative estimate of drug-likeness (QED) is 0.907. The van der Waals surface area contributed by atoms with Crippen LogP contribution in [0.1, 0.15) is 17.2 Å². The van der Waals surface area contributed by atoms with Crippen molar-refractivity contribution in [3.63, 3.8) is 0 Å². The molecule has 2 aromatic rings. The minimum absolute atomic E-state index is 0.237. The number of rotatable bonds is 3. The molecule has 0 aliphatic rings. The van der Waals surface area contributed by atoms with Crippen LogP contribution in [-0.4, -0.2) is 7.11 Å². The van der Waals surface area contributed by atoms with E-state index < -0.39 is 17.7 Å². The summed E-state index contributed by atoms with van der Waals surface area (Å²) in [6.45, 7) is 0. The summed E-state index contributed by atoms with van der Waals surface area (Å²) in [7, 11) is 1.52. The maximum atomic E-state index is 13.7. The summed E-state index contributed by atoms with van der Waals surface area (Å²) in [6, 6.07) is 9.76. The van der Waals surface area contributed by atoms with E-state index in [2.05, 4.69) is 0 Å². The predicted octanol–water partition coefficient (Wildman–Crippen LogP) is 3.02. The molecule has 0 aliphatic heterocycles. The zero-order chi connectivity index (χ0) is 13.1. The number of halogens is 2. The standard InChI is InChI=1S/C14H13F2NO/c1-18-13-5-3-2-4-11(13)14(17)10-7-6-9(15)8-12(10)16/h2-8,14H,17H2,1H3. The second-order valence-electron chi connectivity index (χ2n) is 3.89. The maximum Gasteiger partial charge on any atom is 0.131 e. The summed E-state index contributed by atoms with van der Waals surface area (Å²) < 4.78 is 31.7. The van der Waals surface area contributed by atoms with Gasteiger partial charge in [-0.05, 0) is 12.1 Å². The smallest absolute Gasteiger partial charge is 0.131 e. The zero-order valence-corrected chi connectivity index (χ0v) is 9.86. The van der Waals surface area contributed by atoms with Gasteiger partial charge in [0.15, 0.2) is 0 Å². The summed E-state index contributed by atoms with van der Waals surface area (Å²) in [5.74, 6) is -0.703. The molecule has 0 spiro atoms. The van der Waals surface area contributed by atoms with Crippen LogP contribution in [0.2, 0.25) is 0 Å². The number of methoxy groups -OCH3 is 1. The zero-order valence-electron chi connectivity index (χ0n) is 9.86. The van der Waals surface area contributed by atoms with Gasteiger partial charge in [-0.2, -0.15) is 0 Å². The fraction of sp³-hybridized carbons (Fsp3) is 0.143. The molecule has 0 heterocycles. The number of hydrogen-bond acceptors (Lipinski definition) is 2. The lowest BCUT2D eigenvalue weighted by Crippen LogP contribution is -2.14. The summed E-state index contributed by atoms with van der Waals surface area (Å²) in [5.41, 5.74) is 6.90. The molecule has 0 amide bonds. The van der Waals surface area contributed by atoms with Crippen molar-refractivity contribution in [1.82, 2.24) is 0 Å². The first-order chi connectivity index (χ1) is 8.63. The van der Waals surface area contributed by atoms with E-state index in [1.54, 1.807) is 24.3 Å². The number of ether oxygens (including phenoxy) is 1. The average molecular weight is 249 g/mol. The molecule has 2 nitrogen and oxygen atoms in total. The van der Waals surface area contributed by atoms with Crippen LogP contribution in [0, 0.1) is 11.6 Å². The maximum absolute atomic E-state index is 13.7. The Morgan fingerprint density at radius 2 is 1.78 bits per heavy atom. The number of nitrogens with two attached hydrogens (primary N) is 1. The summed E-state index contributed by atoms with van der Waals surface area (Å²) in [6.07, 6.45) is 0. The Hall–Kier alpha value is -1.94. The molecule has 2 rings (SSSR count). The second-order valence-corrected chi connectivity index (χ2v) is 3.89. The molecule has 0 aliphatic carbocycles. The lowest BCUT2D eigenvalue weighted by molar-refractivity contribution is 0.407. The van der Waals surface area contributed by atoms with Gasteiger partial charge >= 0.3 is 0 Å². The third-order valence-electron chi connectivity index (χ3n) is 2.77. The average Bonchev–Trinajstić information content (AvgIpc) is 2.38. The van der Waals surface area contributed by atoms with Gasteiger partial charge in [-0.1, -0.05) is 24.3 Å². The lowest BCUT2D eigenvalue weighted by Gasteiger charge is -2.16. The molecule has 4 heteroatoms. The van der Waals surface area contributed by atoms with Crippen molar-refractivity contribution in [2.45, 2.75) is 6.04 Å². The first-order valence-electron chi connectivity index (χ1n) is 5.47. The third kappa shape index (κ3) is 2.33. The van der Waals surface area contributed by atoms with Crippen LogP contribution in [0.4, 0.5) is 8.78 Å². The van der Waals surface area contributed by atoms with E-state index in [9.17, 15) is 8.78 Å². The van der Waals surface area contributed by atoms with Crippen molar-refractivity contribution >= 4 is 0 Å². The van der Waals surface area contributed by atoms with Crippen LogP contribution in [0.15, 0.2) is 42.5 Å². The van der Waals surface area contributed by atoms with Gasteiger partial charge in [0.25, 0.3) is 0 Å². The van der Waals surface area contributed by atoms with Gasteiger partial charge in [-0.25, -0.2) is 8.78 Å². The van der Waals surface area contributed by atoms with E-state index in [1.165, 1.54) is 19.2 Å². The van der Waals surface area contributed by atoms with Gasteiger partial charge in [-0.15, -0.1) is 0 Å². The Kier molecular flexibility index (Phi) is 3.58. The molecular weight excluding hydrogens is 236 g/mol. The van der Waals surface area contributed by atoms with E-state index in [1.807, 2.05) is 0 Å². The molecule has 0 fully saturated rings. The molecule has 0 saturated carbocycles. The van der Waals surface area contributed by atoms with Gasteiger partial charge in [0, 0.05) is 17.2 Å². The molecule has 18 heavy (non-hydrogen) atoms. The molecular formula is C14H13F2NO. The van der Waals surface area contributed by atoms with Crippen LogP contribution < -0.4 is 10.5 Å². The van der Waals surface area contributed by atoms with Crippen molar-refractivity contribution in [1.29, 1.82) is 0 Å². The van der Waals surface area contributed by atoms with Crippen molar-refractivity contribution in [2.24, 2.45) is 5.73 Å². The summed E-state index contributed by atoms with van der Waals surface area (Å²) >= 11 is 0. The van der Waals surface area contributed by atoms with E-state index in [4.69, 9.17) is 10.5 Å². The Morgan fingerprint density at radius 1 is 1.06 bits per heavy atom. The normalized spacial score (nSPS) is 12.2. The van der Waals surface area contributed by atoms with Crippen LogP contribution in [0.3, 0.4) is 0 Å². The minimum atomic E-state index is -0.693. The first-order valence-corrected chi connectivity index (χ1v) is 5.47. The van der Waals surface area contributed by atoms with Gasteiger partial charge in [-0.3, -0.25) is 0 Å². The Bertz CT molecular complexity index is 557. The largest absolute Gasteiger partial charge is 0.496 e. The van der Waals surface area contributed by atoms with Gasteiger partial charge in [0.05, 0.1) is 13.2 Å². The number of para-hydroxylation sites is 1. The fourth-order valence-electron chi connectivity index (χ4n) is 1.84. The molecule has 1 unspecified atom stereocenters. The minimum Gasteiger partial charge on any atom is -0.496 e. The molecule has 2 N–H and O–H groups in total. The van der Waals surface area contributed by atoms with Crippen molar-refractivity contribution in [3.05, 3.63) is 65.2 Å². The molecule has 0 radical (unpaired) electrons. The van der Waals surface area contributed by atoms with Crippen molar-refractivity contribution < 1.29 is 13.5 Å². The Labute approximate surface area is 104 Å². The molecule has 0 aromatic heterocycles. The van der Waals surface area contributed by atoms with E-state index in [-0.39, 0.29) is 5.56 Å². The van der Waals surface area contributed by atoms with Crippen LogP contribution in [0.25, 0.3) is 0 Å². The Morgan fingerprint density at radius 3 is 2.44 bits per heavy atom. The highest BCUT2D eigenvalue weighted by atomic mass is 19.1. The number of benzene rings is 2. The van der Waals surface area contributed by atoms with E-state index in [0.717, 1.165) is 6.07 Å². The topological polar surface area (TPSA) is 35.2 Å². The second kappa shape index (κ2) is 5.14. The van der Waals surface area contributed by atoms with Crippen LogP contribution >= 0.6 is 0 Å². The Balaban J connectivity index is 2.44. The monoisotopic (exact) mass is 249 g/mol. The van der Waals surface area contributed by atoms with Crippen LogP contribution in [-0.2, 0) is 0 Å². The van der Waals surface area contributed by atoms with Gasteiger partial charge in [0.2, 0.25) is 0 Å². The highest BCUT2D eigenvalue weighted by Crippen LogP contribution is 2.29. The van der Waals surface area contributed by atoms with E-state index in [0.29, 0.717) is 11.3 Å². The van der Waals surface area contributed by atoms with Crippen molar-refractivity contribution in [2.75, 3.05) is 7.11 Å².